The fourth-order valence-electron chi connectivity index (χ4n) is 2.10. The summed E-state index contributed by atoms with van der Waals surface area (Å²) in [6.07, 6.45) is -0.131. The Hall–Kier alpha value is -1.35. The summed E-state index contributed by atoms with van der Waals surface area (Å²) in [4.78, 5) is 11.8. The number of aliphatic hydroxyl groups excluding tert-OH is 1. The highest BCUT2D eigenvalue weighted by Crippen LogP contribution is 2.26. The van der Waals surface area contributed by atoms with Crippen LogP contribution in [-0.2, 0) is 9.53 Å². The average molecular weight is 250 g/mol. The highest BCUT2D eigenvalue weighted by atomic mass is 16.5. The SMILES string of the molecule is CCOC(=O)C(CC)C(O)C(C)c1ccccc1. The summed E-state index contributed by atoms with van der Waals surface area (Å²) in [5.74, 6) is -0.851. The third-order valence-corrected chi connectivity index (χ3v) is 3.28. The standard InChI is InChI=1S/C15H22O3/c1-4-13(15(17)18-5-2)14(16)11(3)12-9-7-6-8-10-12/h6-11,13-14,16H,4-5H2,1-3H3. The molecule has 1 rings (SSSR count). The fraction of sp³-hybridized carbons (Fsp3) is 0.533. The molecule has 0 fully saturated rings. The van der Waals surface area contributed by atoms with Crippen molar-refractivity contribution in [3.8, 4) is 0 Å². The van der Waals surface area contributed by atoms with Gasteiger partial charge in [0.15, 0.2) is 0 Å². The van der Waals surface area contributed by atoms with E-state index in [9.17, 15) is 9.90 Å². The number of benzene rings is 1. The fourth-order valence-corrected chi connectivity index (χ4v) is 2.10. The van der Waals surface area contributed by atoms with Crippen LogP contribution in [0.5, 0.6) is 0 Å². The van der Waals surface area contributed by atoms with Crippen LogP contribution >= 0.6 is 0 Å². The lowest BCUT2D eigenvalue weighted by atomic mass is 9.86. The first-order valence-electron chi connectivity index (χ1n) is 6.51. The molecule has 1 aromatic carbocycles. The lowest BCUT2D eigenvalue weighted by Gasteiger charge is -2.25. The topological polar surface area (TPSA) is 46.5 Å². The van der Waals surface area contributed by atoms with Gasteiger partial charge in [-0.25, -0.2) is 0 Å². The molecule has 1 N–H and O–H groups in total. The molecule has 0 aliphatic carbocycles. The van der Waals surface area contributed by atoms with E-state index in [4.69, 9.17) is 4.74 Å². The van der Waals surface area contributed by atoms with Crippen molar-refractivity contribution in [2.24, 2.45) is 5.92 Å². The van der Waals surface area contributed by atoms with E-state index in [1.807, 2.05) is 44.2 Å². The molecule has 0 amide bonds. The Labute approximate surface area is 109 Å². The number of esters is 1. The maximum absolute atomic E-state index is 11.8. The zero-order valence-electron chi connectivity index (χ0n) is 11.3. The van der Waals surface area contributed by atoms with Crippen molar-refractivity contribution in [2.75, 3.05) is 6.61 Å². The summed E-state index contributed by atoms with van der Waals surface area (Å²) in [6, 6.07) is 9.73. The molecule has 0 radical (unpaired) electrons. The van der Waals surface area contributed by atoms with Gasteiger partial charge in [0.25, 0.3) is 0 Å². The number of rotatable bonds is 6. The van der Waals surface area contributed by atoms with Crippen LogP contribution in [0.3, 0.4) is 0 Å². The van der Waals surface area contributed by atoms with Gasteiger partial charge in [-0.05, 0) is 18.9 Å². The largest absolute Gasteiger partial charge is 0.466 e. The van der Waals surface area contributed by atoms with E-state index in [0.29, 0.717) is 13.0 Å². The van der Waals surface area contributed by atoms with Gasteiger partial charge in [-0.3, -0.25) is 4.79 Å². The summed E-state index contributed by atoms with van der Waals surface area (Å²) < 4.78 is 5.00. The Kier molecular flexibility index (Phi) is 5.86. The molecule has 3 unspecified atom stereocenters. The first kappa shape index (κ1) is 14.7. The zero-order chi connectivity index (χ0) is 13.5. The predicted octanol–water partition coefficient (Wildman–Crippen LogP) is 2.74. The van der Waals surface area contributed by atoms with Crippen molar-refractivity contribution >= 4 is 5.97 Å². The molecule has 3 nitrogen and oxygen atoms in total. The Morgan fingerprint density at radius 3 is 2.39 bits per heavy atom. The molecule has 1 aromatic rings. The normalized spacial score (nSPS) is 15.8. The summed E-state index contributed by atoms with van der Waals surface area (Å²) >= 11 is 0. The van der Waals surface area contributed by atoms with E-state index in [2.05, 4.69) is 0 Å². The minimum absolute atomic E-state index is 0.0828. The van der Waals surface area contributed by atoms with Gasteiger partial charge in [0.05, 0.1) is 18.6 Å². The van der Waals surface area contributed by atoms with E-state index in [1.54, 1.807) is 6.92 Å². The highest BCUT2D eigenvalue weighted by Gasteiger charge is 2.31. The molecule has 0 spiro atoms. The predicted molar refractivity (Wildman–Crippen MR) is 71.3 cm³/mol. The van der Waals surface area contributed by atoms with E-state index >= 15 is 0 Å². The molecular weight excluding hydrogens is 228 g/mol. The lowest BCUT2D eigenvalue weighted by molar-refractivity contribution is -0.152. The van der Waals surface area contributed by atoms with Crippen molar-refractivity contribution < 1.29 is 14.6 Å². The summed E-state index contributed by atoms with van der Waals surface area (Å²) in [7, 11) is 0. The highest BCUT2D eigenvalue weighted by molar-refractivity contribution is 5.73. The number of hydrogen-bond donors (Lipinski definition) is 1. The summed E-state index contributed by atoms with van der Waals surface area (Å²) in [5, 5.41) is 10.3. The van der Waals surface area contributed by atoms with E-state index in [0.717, 1.165) is 5.56 Å². The van der Waals surface area contributed by atoms with Crippen molar-refractivity contribution in [1.29, 1.82) is 0 Å². The van der Waals surface area contributed by atoms with Gasteiger partial charge in [-0.1, -0.05) is 44.2 Å². The Morgan fingerprint density at radius 2 is 1.89 bits per heavy atom. The van der Waals surface area contributed by atoms with Gasteiger partial charge in [0.2, 0.25) is 0 Å². The van der Waals surface area contributed by atoms with Gasteiger partial charge in [-0.15, -0.1) is 0 Å². The van der Waals surface area contributed by atoms with Gasteiger partial charge in [0, 0.05) is 5.92 Å². The monoisotopic (exact) mass is 250 g/mol. The van der Waals surface area contributed by atoms with Crippen LogP contribution in [0.4, 0.5) is 0 Å². The molecule has 0 bridgehead atoms. The van der Waals surface area contributed by atoms with Crippen LogP contribution in [0.2, 0.25) is 0 Å². The molecule has 18 heavy (non-hydrogen) atoms. The molecule has 3 heteroatoms. The molecule has 0 saturated carbocycles. The van der Waals surface area contributed by atoms with Crippen molar-refractivity contribution in [3.63, 3.8) is 0 Å². The van der Waals surface area contributed by atoms with E-state index in [-0.39, 0.29) is 11.9 Å². The molecule has 0 saturated heterocycles. The second-order valence-electron chi connectivity index (χ2n) is 4.46. The third kappa shape index (κ3) is 3.57. The first-order valence-corrected chi connectivity index (χ1v) is 6.51. The zero-order valence-corrected chi connectivity index (χ0v) is 11.3. The van der Waals surface area contributed by atoms with Gasteiger partial charge in [0.1, 0.15) is 0 Å². The number of carbonyl (C=O) groups is 1. The molecular formula is C15H22O3. The number of carbonyl (C=O) groups excluding carboxylic acids is 1. The minimum Gasteiger partial charge on any atom is -0.466 e. The van der Waals surface area contributed by atoms with Crippen LogP contribution in [0.15, 0.2) is 30.3 Å². The molecule has 100 valence electrons. The second-order valence-corrected chi connectivity index (χ2v) is 4.46. The average Bonchev–Trinajstić information content (AvgIpc) is 2.40. The maximum Gasteiger partial charge on any atom is 0.311 e. The lowest BCUT2D eigenvalue weighted by Crippen LogP contribution is -2.33. The van der Waals surface area contributed by atoms with Crippen LogP contribution in [0, 0.1) is 5.92 Å². The number of hydrogen-bond acceptors (Lipinski definition) is 3. The third-order valence-electron chi connectivity index (χ3n) is 3.28. The Bertz CT molecular complexity index is 361. The second kappa shape index (κ2) is 7.17. The van der Waals surface area contributed by atoms with Crippen LogP contribution in [0.25, 0.3) is 0 Å². The van der Waals surface area contributed by atoms with Gasteiger partial charge < -0.3 is 9.84 Å². The van der Waals surface area contributed by atoms with Crippen LogP contribution in [-0.4, -0.2) is 23.8 Å². The minimum atomic E-state index is -0.712. The van der Waals surface area contributed by atoms with Crippen molar-refractivity contribution in [2.45, 2.75) is 39.2 Å². The van der Waals surface area contributed by atoms with E-state index in [1.165, 1.54) is 0 Å². The summed E-state index contributed by atoms with van der Waals surface area (Å²) in [6.45, 7) is 5.95. The number of aliphatic hydroxyl groups is 1. The molecule has 0 heterocycles. The molecule has 0 aliphatic heterocycles. The maximum atomic E-state index is 11.8. The van der Waals surface area contributed by atoms with Crippen molar-refractivity contribution in [1.82, 2.24) is 0 Å². The smallest absolute Gasteiger partial charge is 0.311 e. The summed E-state index contributed by atoms with van der Waals surface area (Å²) in [5.41, 5.74) is 1.03. The molecule has 0 aliphatic rings. The number of ether oxygens (including phenoxy) is 1. The van der Waals surface area contributed by atoms with Gasteiger partial charge in [-0.2, -0.15) is 0 Å². The van der Waals surface area contributed by atoms with Crippen molar-refractivity contribution in [3.05, 3.63) is 35.9 Å². The van der Waals surface area contributed by atoms with Crippen LogP contribution in [0.1, 0.15) is 38.7 Å². The Morgan fingerprint density at radius 1 is 1.28 bits per heavy atom. The Balaban J connectivity index is 2.78. The molecule has 3 atom stereocenters. The first-order chi connectivity index (χ1) is 8.61. The quantitative estimate of drug-likeness (QED) is 0.790. The van der Waals surface area contributed by atoms with E-state index < -0.39 is 12.0 Å². The molecule has 0 aromatic heterocycles. The van der Waals surface area contributed by atoms with Crippen LogP contribution < -0.4 is 0 Å². The van der Waals surface area contributed by atoms with Gasteiger partial charge >= 0.3 is 5.97 Å².